The zero-order chi connectivity index (χ0) is 16.0. The Hall–Kier alpha value is -1.20. The van der Waals surface area contributed by atoms with Crippen LogP contribution in [0.4, 0.5) is 0 Å². The highest BCUT2D eigenvalue weighted by Crippen LogP contribution is 2.27. The second-order valence-electron chi connectivity index (χ2n) is 4.30. The Labute approximate surface area is 128 Å². The van der Waals surface area contributed by atoms with E-state index in [2.05, 4.69) is 33.2 Å². The summed E-state index contributed by atoms with van der Waals surface area (Å²) < 4.78 is 23.1. The van der Waals surface area contributed by atoms with Crippen LogP contribution >= 0.6 is 0 Å². The molecule has 0 rings (SSSR count). The Balaban J connectivity index is 5.25. The van der Waals surface area contributed by atoms with Gasteiger partial charge in [-0.15, -0.1) is 26.3 Å². The summed E-state index contributed by atoms with van der Waals surface area (Å²) >= 11 is 0. The van der Waals surface area contributed by atoms with Crippen molar-refractivity contribution in [1.82, 2.24) is 0 Å². The third-order valence-electron chi connectivity index (χ3n) is 2.57. The van der Waals surface area contributed by atoms with Crippen molar-refractivity contribution >= 4 is 0 Å². The average molecular weight is 296 g/mol. The van der Waals surface area contributed by atoms with E-state index in [1.165, 1.54) is 0 Å². The van der Waals surface area contributed by atoms with Crippen molar-refractivity contribution in [2.24, 2.45) is 0 Å². The van der Waals surface area contributed by atoms with Crippen LogP contribution in [0.5, 0.6) is 0 Å². The smallest absolute Gasteiger partial charge is 0.311 e. The molecule has 21 heavy (non-hydrogen) atoms. The molecule has 0 aliphatic heterocycles. The van der Waals surface area contributed by atoms with Crippen LogP contribution in [-0.4, -0.2) is 38.5 Å². The minimum atomic E-state index is -1.31. The van der Waals surface area contributed by atoms with Gasteiger partial charge in [-0.1, -0.05) is 37.6 Å². The molecule has 120 valence electrons. The lowest BCUT2D eigenvalue weighted by atomic mass is 10.1. The third kappa shape index (κ3) is 7.39. The van der Waals surface area contributed by atoms with Gasteiger partial charge in [-0.3, -0.25) is 0 Å². The number of hydrogen-bond donors (Lipinski definition) is 0. The molecule has 0 aliphatic carbocycles. The Kier molecular flexibility index (Phi) is 11.8. The van der Waals surface area contributed by atoms with Gasteiger partial charge in [-0.2, -0.15) is 0 Å². The lowest BCUT2D eigenvalue weighted by Gasteiger charge is -2.38. The van der Waals surface area contributed by atoms with Gasteiger partial charge >= 0.3 is 5.97 Å². The van der Waals surface area contributed by atoms with E-state index in [-0.39, 0.29) is 25.9 Å². The van der Waals surface area contributed by atoms with Crippen LogP contribution in [0, 0.1) is 0 Å². The molecule has 0 aromatic carbocycles. The second kappa shape index (κ2) is 12.5. The summed E-state index contributed by atoms with van der Waals surface area (Å²) in [5.74, 6) is -1.31. The van der Waals surface area contributed by atoms with Gasteiger partial charge in [0.05, 0.1) is 26.4 Å². The number of ether oxygens (including phenoxy) is 4. The minimum Gasteiger partial charge on any atom is -0.366 e. The van der Waals surface area contributed by atoms with Crippen LogP contribution in [0.15, 0.2) is 50.6 Å². The monoisotopic (exact) mass is 296 g/mol. The molecule has 0 saturated carbocycles. The van der Waals surface area contributed by atoms with E-state index in [1.54, 1.807) is 24.3 Å². The Morgan fingerprint density at radius 3 is 1.57 bits per heavy atom. The molecule has 0 heterocycles. The zero-order valence-electron chi connectivity index (χ0n) is 13.1. The van der Waals surface area contributed by atoms with Crippen molar-refractivity contribution in [3.05, 3.63) is 50.6 Å². The molecule has 0 radical (unpaired) electrons. The molecule has 0 aromatic heterocycles. The maximum absolute atomic E-state index is 5.79. The molecule has 0 aliphatic rings. The van der Waals surface area contributed by atoms with E-state index in [0.29, 0.717) is 6.61 Å². The van der Waals surface area contributed by atoms with Crippen molar-refractivity contribution in [3.8, 4) is 0 Å². The first-order valence-electron chi connectivity index (χ1n) is 7.17. The van der Waals surface area contributed by atoms with E-state index in [4.69, 9.17) is 18.9 Å². The number of rotatable bonds is 15. The van der Waals surface area contributed by atoms with E-state index in [1.807, 2.05) is 0 Å². The first-order chi connectivity index (χ1) is 10.2. The van der Waals surface area contributed by atoms with Gasteiger partial charge in [0.15, 0.2) is 0 Å². The summed E-state index contributed by atoms with van der Waals surface area (Å²) in [5.41, 5.74) is 0. The summed E-state index contributed by atoms with van der Waals surface area (Å²) in [6.45, 7) is 17.9. The molecule has 4 heteroatoms. The second-order valence-corrected chi connectivity index (χ2v) is 4.30. The molecule has 0 bridgehead atoms. The Morgan fingerprint density at radius 1 is 0.810 bits per heavy atom. The molecule has 0 fully saturated rings. The van der Waals surface area contributed by atoms with Crippen molar-refractivity contribution < 1.29 is 18.9 Å². The van der Waals surface area contributed by atoms with Crippen molar-refractivity contribution in [2.45, 2.75) is 31.8 Å². The van der Waals surface area contributed by atoms with Gasteiger partial charge in [0.25, 0.3) is 0 Å². The average Bonchev–Trinajstić information content (AvgIpc) is 2.51. The van der Waals surface area contributed by atoms with Crippen LogP contribution in [-0.2, 0) is 18.9 Å². The molecule has 0 spiro atoms. The quantitative estimate of drug-likeness (QED) is 0.342. The summed E-state index contributed by atoms with van der Waals surface area (Å²) in [7, 11) is 0. The maximum atomic E-state index is 5.79. The Morgan fingerprint density at radius 2 is 1.24 bits per heavy atom. The van der Waals surface area contributed by atoms with Crippen LogP contribution < -0.4 is 0 Å². The molecule has 0 aromatic rings. The molecule has 0 N–H and O–H groups in total. The highest BCUT2D eigenvalue weighted by Gasteiger charge is 2.43. The fourth-order valence-electron chi connectivity index (χ4n) is 1.74. The third-order valence-corrected chi connectivity index (χ3v) is 2.57. The lowest BCUT2D eigenvalue weighted by Crippen LogP contribution is -2.51. The van der Waals surface area contributed by atoms with Gasteiger partial charge in [0.2, 0.25) is 0 Å². The highest BCUT2D eigenvalue weighted by molar-refractivity contribution is 4.80. The van der Waals surface area contributed by atoms with Crippen molar-refractivity contribution in [2.75, 3.05) is 26.4 Å². The van der Waals surface area contributed by atoms with E-state index in [0.717, 1.165) is 12.8 Å². The zero-order valence-corrected chi connectivity index (χ0v) is 13.1. The summed E-state index contributed by atoms with van der Waals surface area (Å²) in [4.78, 5) is 0. The standard InChI is InChI=1S/C17H28O4/c1-6-11-16(18-12-7-2)17(19-13-8-3,20-14-9-4)21-15-10-5/h7-10,16H,2-6,11-15H2,1H3. The predicted molar refractivity (Wildman–Crippen MR) is 86.0 cm³/mol. The molecule has 0 saturated heterocycles. The van der Waals surface area contributed by atoms with Crippen molar-refractivity contribution in [3.63, 3.8) is 0 Å². The lowest BCUT2D eigenvalue weighted by molar-refractivity contribution is -0.409. The van der Waals surface area contributed by atoms with Crippen LogP contribution in [0.1, 0.15) is 19.8 Å². The van der Waals surface area contributed by atoms with Gasteiger partial charge in [-0.25, -0.2) is 0 Å². The molecular formula is C17H28O4. The maximum Gasteiger partial charge on any atom is 0.311 e. The molecule has 4 nitrogen and oxygen atoms in total. The normalized spacial score (nSPS) is 12.6. The number of hydrogen-bond acceptors (Lipinski definition) is 4. The first kappa shape index (κ1) is 19.8. The molecular weight excluding hydrogens is 268 g/mol. The molecule has 0 amide bonds. The topological polar surface area (TPSA) is 36.9 Å². The fraction of sp³-hybridized carbons (Fsp3) is 0.529. The van der Waals surface area contributed by atoms with Crippen molar-refractivity contribution in [1.29, 1.82) is 0 Å². The van der Waals surface area contributed by atoms with E-state index in [9.17, 15) is 0 Å². The predicted octanol–water partition coefficient (Wildman–Crippen LogP) is 3.62. The van der Waals surface area contributed by atoms with Gasteiger partial charge in [0, 0.05) is 0 Å². The highest BCUT2D eigenvalue weighted by atomic mass is 16.9. The summed E-state index contributed by atoms with van der Waals surface area (Å²) in [5, 5.41) is 0. The largest absolute Gasteiger partial charge is 0.366 e. The SMILES string of the molecule is C=CCOC(CCC)C(OCC=C)(OCC=C)OCC=C. The summed E-state index contributed by atoms with van der Waals surface area (Å²) in [6.07, 6.45) is 7.83. The minimum absolute atomic E-state index is 0.284. The van der Waals surface area contributed by atoms with Crippen LogP contribution in [0.3, 0.4) is 0 Å². The molecule has 1 unspecified atom stereocenters. The first-order valence-corrected chi connectivity index (χ1v) is 7.17. The van der Waals surface area contributed by atoms with Gasteiger partial charge < -0.3 is 18.9 Å². The fourth-order valence-corrected chi connectivity index (χ4v) is 1.74. The van der Waals surface area contributed by atoms with Crippen LogP contribution in [0.25, 0.3) is 0 Å². The van der Waals surface area contributed by atoms with E-state index >= 15 is 0 Å². The molecule has 1 atom stereocenters. The summed E-state index contributed by atoms with van der Waals surface area (Å²) in [6, 6.07) is 0. The Bertz CT molecular complexity index is 281. The van der Waals surface area contributed by atoms with Crippen LogP contribution in [0.2, 0.25) is 0 Å². The van der Waals surface area contributed by atoms with Gasteiger partial charge in [-0.05, 0) is 6.42 Å². The van der Waals surface area contributed by atoms with E-state index < -0.39 is 5.97 Å². The van der Waals surface area contributed by atoms with Gasteiger partial charge in [0.1, 0.15) is 6.10 Å².